The van der Waals surface area contributed by atoms with Gasteiger partial charge in [-0.25, -0.2) is 0 Å². The molecule has 1 heterocycles. The Morgan fingerprint density at radius 1 is 1.05 bits per heavy atom. The summed E-state index contributed by atoms with van der Waals surface area (Å²) in [5, 5.41) is 14.8. The number of rotatable bonds is 6. The smallest absolute Gasteiger partial charge is 0.0914 e. The van der Waals surface area contributed by atoms with Gasteiger partial charge in [0.1, 0.15) is 0 Å². The zero-order valence-electron chi connectivity index (χ0n) is 12.9. The minimum Gasteiger partial charge on any atom is -0.387 e. The fourth-order valence-electron chi connectivity index (χ4n) is 2.86. The summed E-state index contributed by atoms with van der Waals surface area (Å²) in [5.74, 6) is 0. The van der Waals surface area contributed by atoms with E-state index in [9.17, 15) is 5.11 Å². The monoisotopic (exact) mass is 294 g/mol. The third kappa shape index (κ3) is 3.06. The van der Waals surface area contributed by atoms with E-state index in [1.165, 1.54) is 16.5 Å². The Hall–Kier alpha value is -2.10. The van der Waals surface area contributed by atoms with Crippen molar-refractivity contribution < 1.29 is 5.11 Å². The van der Waals surface area contributed by atoms with E-state index in [2.05, 4.69) is 47.3 Å². The van der Waals surface area contributed by atoms with Crippen LogP contribution in [-0.2, 0) is 13.1 Å². The number of aryl methyl sites for hydroxylation is 1. The van der Waals surface area contributed by atoms with Gasteiger partial charge in [-0.05, 0) is 24.1 Å². The molecule has 3 aromatic rings. The summed E-state index contributed by atoms with van der Waals surface area (Å²) in [6, 6.07) is 18.2. The molecule has 0 fully saturated rings. The van der Waals surface area contributed by atoms with E-state index in [0.29, 0.717) is 6.54 Å². The van der Waals surface area contributed by atoms with Crippen molar-refractivity contribution in [2.45, 2.75) is 26.1 Å². The molecule has 0 aliphatic carbocycles. The molecule has 0 aliphatic heterocycles. The Morgan fingerprint density at radius 2 is 1.77 bits per heavy atom. The number of benzene rings is 2. The van der Waals surface area contributed by atoms with Gasteiger partial charge in [0, 0.05) is 36.7 Å². The van der Waals surface area contributed by atoms with Crippen LogP contribution in [0.3, 0.4) is 0 Å². The summed E-state index contributed by atoms with van der Waals surface area (Å²) >= 11 is 0. The van der Waals surface area contributed by atoms with Crippen molar-refractivity contribution in [2.24, 2.45) is 0 Å². The summed E-state index contributed by atoms with van der Waals surface area (Å²) in [4.78, 5) is 0. The minimum atomic E-state index is -0.472. The van der Waals surface area contributed by atoms with Crippen LogP contribution in [0.25, 0.3) is 10.9 Å². The summed E-state index contributed by atoms with van der Waals surface area (Å²) in [5.41, 5.74) is 3.49. The van der Waals surface area contributed by atoms with Crippen molar-refractivity contribution in [3.05, 3.63) is 71.9 Å². The number of aliphatic hydroxyl groups is 1. The molecule has 3 rings (SSSR count). The van der Waals surface area contributed by atoms with Crippen LogP contribution in [0.2, 0.25) is 0 Å². The van der Waals surface area contributed by atoms with E-state index >= 15 is 0 Å². The van der Waals surface area contributed by atoms with Gasteiger partial charge in [0.25, 0.3) is 0 Å². The van der Waals surface area contributed by atoms with Crippen molar-refractivity contribution in [3.8, 4) is 0 Å². The number of para-hydroxylation sites is 1. The Labute approximate surface area is 131 Å². The summed E-state index contributed by atoms with van der Waals surface area (Å²) in [6.07, 6.45) is 1.73. The van der Waals surface area contributed by atoms with Crippen LogP contribution in [-0.4, -0.2) is 16.2 Å². The van der Waals surface area contributed by atoms with Gasteiger partial charge in [0.15, 0.2) is 0 Å². The predicted molar refractivity (Wildman–Crippen MR) is 90.7 cm³/mol. The maximum absolute atomic E-state index is 10.2. The maximum Gasteiger partial charge on any atom is 0.0914 e. The van der Waals surface area contributed by atoms with Crippen molar-refractivity contribution >= 4 is 10.9 Å². The molecule has 0 aliphatic rings. The lowest BCUT2D eigenvalue weighted by Crippen LogP contribution is -2.20. The highest BCUT2D eigenvalue weighted by Crippen LogP contribution is 2.21. The molecule has 2 aromatic carbocycles. The zero-order valence-corrected chi connectivity index (χ0v) is 12.9. The second kappa shape index (κ2) is 6.77. The van der Waals surface area contributed by atoms with Crippen molar-refractivity contribution in [1.29, 1.82) is 0 Å². The average molecular weight is 294 g/mol. The number of aromatic nitrogens is 1. The van der Waals surface area contributed by atoms with E-state index in [-0.39, 0.29) is 0 Å². The highest BCUT2D eigenvalue weighted by atomic mass is 16.3. The van der Waals surface area contributed by atoms with Crippen LogP contribution in [0.5, 0.6) is 0 Å². The molecule has 0 saturated carbocycles. The molecule has 3 heteroatoms. The molecule has 0 saturated heterocycles. The fourth-order valence-corrected chi connectivity index (χ4v) is 2.86. The number of nitrogens with zero attached hydrogens (tertiary/aromatic N) is 1. The molecular weight excluding hydrogens is 272 g/mol. The lowest BCUT2D eigenvalue weighted by molar-refractivity contribution is 0.174. The van der Waals surface area contributed by atoms with Gasteiger partial charge in [-0.3, -0.25) is 0 Å². The highest BCUT2D eigenvalue weighted by Gasteiger charge is 2.09. The normalized spacial score (nSPS) is 12.6. The number of aliphatic hydroxyl groups excluding tert-OH is 1. The van der Waals surface area contributed by atoms with Crippen molar-refractivity contribution in [3.63, 3.8) is 0 Å². The van der Waals surface area contributed by atoms with Gasteiger partial charge >= 0.3 is 0 Å². The minimum absolute atomic E-state index is 0.472. The van der Waals surface area contributed by atoms with Crippen LogP contribution in [0, 0.1) is 0 Å². The first kappa shape index (κ1) is 14.8. The summed E-state index contributed by atoms with van der Waals surface area (Å²) in [7, 11) is 0. The summed E-state index contributed by atoms with van der Waals surface area (Å²) < 4.78 is 2.26. The van der Waals surface area contributed by atoms with E-state index in [1.54, 1.807) is 0 Å². The molecule has 114 valence electrons. The van der Waals surface area contributed by atoms with Crippen LogP contribution in [0.15, 0.2) is 60.8 Å². The van der Waals surface area contributed by atoms with E-state index in [0.717, 1.165) is 18.7 Å². The topological polar surface area (TPSA) is 37.2 Å². The fraction of sp³-hybridized carbons (Fsp3) is 0.263. The molecule has 0 bridgehead atoms. The number of nitrogens with one attached hydrogen (secondary N) is 1. The van der Waals surface area contributed by atoms with Crippen molar-refractivity contribution in [2.75, 3.05) is 6.54 Å². The van der Waals surface area contributed by atoms with Crippen LogP contribution < -0.4 is 5.32 Å². The van der Waals surface area contributed by atoms with Gasteiger partial charge in [-0.15, -0.1) is 0 Å². The Bertz CT molecular complexity index is 734. The molecule has 0 unspecified atom stereocenters. The number of hydrogen-bond donors (Lipinski definition) is 2. The third-order valence-corrected chi connectivity index (χ3v) is 4.05. The van der Waals surface area contributed by atoms with Crippen molar-refractivity contribution in [1.82, 2.24) is 9.88 Å². The largest absolute Gasteiger partial charge is 0.387 e. The molecule has 0 spiro atoms. The Kier molecular flexibility index (Phi) is 4.56. The van der Waals surface area contributed by atoms with E-state index in [1.807, 2.05) is 30.3 Å². The molecule has 3 nitrogen and oxygen atoms in total. The average Bonchev–Trinajstić information content (AvgIpc) is 2.94. The summed E-state index contributed by atoms with van der Waals surface area (Å²) in [6.45, 7) is 4.43. The van der Waals surface area contributed by atoms with Gasteiger partial charge in [-0.2, -0.15) is 0 Å². The lowest BCUT2D eigenvalue weighted by Gasteiger charge is -2.11. The van der Waals surface area contributed by atoms with Crippen LogP contribution in [0.1, 0.15) is 24.2 Å². The van der Waals surface area contributed by atoms with Crippen LogP contribution in [0.4, 0.5) is 0 Å². The SMILES string of the molecule is CCn1cc(CNC[C@@H](O)c2ccccc2)c2ccccc21. The first-order valence-electron chi connectivity index (χ1n) is 7.80. The number of hydrogen-bond acceptors (Lipinski definition) is 2. The predicted octanol–water partition coefficient (Wildman–Crippen LogP) is 3.48. The zero-order chi connectivity index (χ0) is 15.4. The standard InChI is InChI=1S/C19H22N2O/c1-2-21-14-16(17-10-6-7-11-18(17)21)12-20-13-19(22)15-8-4-3-5-9-15/h3-11,14,19-20,22H,2,12-13H2,1H3/t19-/m1/s1. The number of fused-ring (bicyclic) bond motifs is 1. The second-order valence-corrected chi connectivity index (χ2v) is 5.51. The first-order chi connectivity index (χ1) is 10.8. The van der Waals surface area contributed by atoms with Gasteiger partial charge in [-0.1, -0.05) is 48.5 Å². The maximum atomic E-state index is 10.2. The van der Waals surface area contributed by atoms with Gasteiger partial charge < -0.3 is 15.0 Å². The molecule has 1 aromatic heterocycles. The van der Waals surface area contributed by atoms with Gasteiger partial charge in [0.05, 0.1) is 6.10 Å². The first-order valence-corrected chi connectivity index (χ1v) is 7.80. The molecule has 22 heavy (non-hydrogen) atoms. The molecule has 0 amide bonds. The Balaban J connectivity index is 1.67. The quantitative estimate of drug-likeness (QED) is 0.730. The molecular formula is C19H22N2O. The van der Waals surface area contributed by atoms with Gasteiger partial charge in [0.2, 0.25) is 0 Å². The lowest BCUT2D eigenvalue weighted by atomic mass is 10.1. The molecule has 2 N–H and O–H groups in total. The van der Waals surface area contributed by atoms with Crippen LogP contribution >= 0.6 is 0 Å². The Morgan fingerprint density at radius 3 is 2.55 bits per heavy atom. The highest BCUT2D eigenvalue weighted by molar-refractivity contribution is 5.83. The van der Waals surface area contributed by atoms with E-state index in [4.69, 9.17) is 0 Å². The third-order valence-electron chi connectivity index (χ3n) is 4.05. The second-order valence-electron chi connectivity index (χ2n) is 5.51. The molecule has 0 radical (unpaired) electrons. The van der Waals surface area contributed by atoms with E-state index < -0.39 is 6.10 Å². The molecule has 1 atom stereocenters.